The summed E-state index contributed by atoms with van der Waals surface area (Å²) >= 11 is 3.41. The number of carboxylic acids is 1. The van der Waals surface area contributed by atoms with Crippen molar-refractivity contribution in [3.63, 3.8) is 0 Å². The second-order valence-corrected chi connectivity index (χ2v) is 6.85. The van der Waals surface area contributed by atoms with E-state index in [2.05, 4.69) is 15.9 Å². The summed E-state index contributed by atoms with van der Waals surface area (Å²) in [5, 5.41) is 8.88. The number of aliphatic carboxylic acids is 1. The molecule has 0 radical (unpaired) electrons. The van der Waals surface area contributed by atoms with Crippen LogP contribution >= 0.6 is 15.9 Å². The van der Waals surface area contributed by atoms with Crippen LogP contribution in [0.5, 0.6) is 0 Å². The van der Waals surface area contributed by atoms with Gasteiger partial charge in [0.2, 0.25) is 5.91 Å². The Kier molecular flexibility index (Phi) is 4.23. The number of halogens is 1. The number of rotatable bonds is 4. The summed E-state index contributed by atoms with van der Waals surface area (Å²) in [5.74, 6) is -0.790. The zero-order valence-corrected chi connectivity index (χ0v) is 13.7. The maximum atomic E-state index is 12.9. The Morgan fingerprint density at radius 1 is 1.32 bits per heavy atom. The maximum Gasteiger partial charge on any atom is 0.306 e. The average molecular weight is 368 g/mol. The number of ether oxygens (including phenoxy) is 1. The first-order valence-corrected chi connectivity index (χ1v) is 8.19. The van der Waals surface area contributed by atoms with Crippen molar-refractivity contribution >= 4 is 27.8 Å². The van der Waals surface area contributed by atoms with Gasteiger partial charge in [-0.15, -0.1) is 0 Å². The molecule has 1 aliphatic carbocycles. The van der Waals surface area contributed by atoms with Crippen molar-refractivity contribution in [2.75, 3.05) is 19.7 Å². The number of carbonyl (C=O) groups is 2. The van der Waals surface area contributed by atoms with Crippen LogP contribution in [0.25, 0.3) is 0 Å². The van der Waals surface area contributed by atoms with Gasteiger partial charge in [0.05, 0.1) is 24.5 Å². The SMILES string of the molecule is O=C(O)C[C@H]1CN(C(=O)C2(c3ccc(Br)cc3)CC2)CCO1. The molecule has 0 unspecified atom stereocenters. The standard InChI is InChI=1S/C16H18BrNO4/c17-12-3-1-11(2-4-12)16(5-6-16)15(21)18-7-8-22-13(10-18)9-14(19)20/h1-4,13H,5-10H2,(H,19,20)/t13-/m0/s1. The normalized spacial score (nSPS) is 23.1. The third-order valence-corrected chi connectivity index (χ3v) is 4.91. The van der Waals surface area contributed by atoms with Crippen molar-refractivity contribution < 1.29 is 19.4 Å². The number of nitrogens with zero attached hydrogens (tertiary/aromatic N) is 1. The Morgan fingerprint density at radius 2 is 2.00 bits per heavy atom. The highest BCUT2D eigenvalue weighted by Gasteiger charge is 2.53. The van der Waals surface area contributed by atoms with Crippen LogP contribution in [-0.2, 0) is 19.7 Å². The van der Waals surface area contributed by atoms with E-state index in [1.54, 1.807) is 4.90 Å². The number of morpholine rings is 1. The summed E-state index contributed by atoms with van der Waals surface area (Å²) in [5.41, 5.74) is 0.633. The third-order valence-electron chi connectivity index (χ3n) is 4.38. The number of benzene rings is 1. The van der Waals surface area contributed by atoms with Crippen LogP contribution in [0.2, 0.25) is 0 Å². The zero-order valence-electron chi connectivity index (χ0n) is 12.1. The Bertz CT molecular complexity index is 582. The van der Waals surface area contributed by atoms with E-state index in [1.165, 1.54) is 0 Å². The molecule has 118 valence electrons. The van der Waals surface area contributed by atoms with Crippen molar-refractivity contribution in [1.29, 1.82) is 0 Å². The van der Waals surface area contributed by atoms with Crippen molar-refractivity contribution in [3.05, 3.63) is 34.3 Å². The molecule has 1 aromatic rings. The Morgan fingerprint density at radius 3 is 2.59 bits per heavy atom. The van der Waals surface area contributed by atoms with Crippen LogP contribution in [0.3, 0.4) is 0 Å². The van der Waals surface area contributed by atoms with Gasteiger partial charge in [-0.05, 0) is 30.5 Å². The highest BCUT2D eigenvalue weighted by atomic mass is 79.9. The number of hydrogen-bond donors (Lipinski definition) is 1. The Balaban J connectivity index is 1.73. The molecule has 0 spiro atoms. The molecule has 1 N–H and O–H groups in total. The summed E-state index contributed by atoms with van der Waals surface area (Å²) in [6.45, 7) is 1.30. The molecule has 2 fully saturated rings. The molecule has 1 heterocycles. The Labute approximate surface area is 137 Å². The predicted molar refractivity (Wildman–Crippen MR) is 83.6 cm³/mol. The molecule has 1 saturated heterocycles. The lowest BCUT2D eigenvalue weighted by Crippen LogP contribution is -2.49. The van der Waals surface area contributed by atoms with Gasteiger partial charge in [-0.1, -0.05) is 28.1 Å². The van der Waals surface area contributed by atoms with Gasteiger partial charge < -0.3 is 14.7 Å². The first kappa shape index (κ1) is 15.5. The quantitative estimate of drug-likeness (QED) is 0.885. The van der Waals surface area contributed by atoms with Gasteiger partial charge in [0.25, 0.3) is 0 Å². The van der Waals surface area contributed by atoms with E-state index in [1.807, 2.05) is 24.3 Å². The number of carbonyl (C=O) groups excluding carboxylic acids is 1. The molecule has 3 rings (SSSR count). The van der Waals surface area contributed by atoms with Gasteiger partial charge >= 0.3 is 5.97 Å². The second kappa shape index (κ2) is 6.01. The minimum atomic E-state index is -0.895. The minimum Gasteiger partial charge on any atom is -0.481 e. The fourth-order valence-electron chi connectivity index (χ4n) is 3.04. The van der Waals surface area contributed by atoms with Crippen molar-refractivity contribution in [2.45, 2.75) is 30.8 Å². The topological polar surface area (TPSA) is 66.8 Å². The van der Waals surface area contributed by atoms with Crippen LogP contribution in [0.4, 0.5) is 0 Å². The number of amides is 1. The molecule has 1 amide bonds. The minimum absolute atomic E-state index is 0.0605. The van der Waals surface area contributed by atoms with Gasteiger partial charge in [-0.2, -0.15) is 0 Å². The molecule has 2 aliphatic rings. The summed E-state index contributed by atoms with van der Waals surface area (Å²) in [7, 11) is 0. The molecule has 0 aromatic heterocycles. The van der Waals surface area contributed by atoms with Crippen molar-refractivity contribution in [1.82, 2.24) is 4.90 Å². The van der Waals surface area contributed by atoms with Gasteiger partial charge in [0.1, 0.15) is 0 Å². The lowest BCUT2D eigenvalue weighted by atomic mass is 9.94. The summed E-state index contributed by atoms with van der Waals surface area (Å²) in [4.78, 5) is 25.5. The van der Waals surface area contributed by atoms with Crippen LogP contribution in [-0.4, -0.2) is 47.7 Å². The average Bonchev–Trinajstić information content (AvgIpc) is 3.28. The van der Waals surface area contributed by atoms with Gasteiger partial charge in [0, 0.05) is 17.6 Å². The van der Waals surface area contributed by atoms with Gasteiger partial charge in [-0.3, -0.25) is 9.59 Å². The highest BCUT2D eigenvalue weighted by molar-refractivity contribution is 9.10. The van der Waals surface area contributed by atoms with Crippen molar-refractivity contribution in [3.8, 4) is 0 Å². The molecule has 1 aromatic carbocycles. The molecule has 1 atom stereocenters. The molecule has 0 bridgehead atoms. The third kappa shape index (κ3) is 3.03. The summed E-state index contributed by atoms with van der Waals surface area (Å²) in [6, 6.07) is 7.89. The van der Waals surface area contributed by atoms with Crippen LogP contribution in [0.1, 0.15) is 24.8 Å². The molecule has 5 nitrogen and oxygen atoms in total. The molecular formula is C16H18BrNO4. The fraction of sp³-hybridized carbons (Fsp3) is 0.500. The van der Waals surface area contributed by atoms with Gasteiger partial charge in [-0.25, -0.2) is 0 Å². The molecule has 1 saturated carbocycles. The van der Waals surface area contributed by atoms with E-state index in [-0.39, 0.29) is 12.3 Å². The lowest BCUT2D eigenvalue weighted by Gasteiger charge is -2.35. The summed E-state index contributed by atoms with van der Waals surface area (Å²) in [6.07, 6.45) is 1.24. The molecule has 22 heavy (non-hydrogen) atoms. The predicted octanol–water partition coefficient (Wildman–Crippen LogP) is 2.18. The fourth-order valence-corrected chi connectivity index (χ4v) is 3.31. The van der Waals surface area contributed by atoms with Crippen molar-refractivity contribution in [2.24, 2.45) is 0 Å². The monoisotopic (exact) mass is 367 g/mol. The van der Waals surface area contributed by atoms with Crippen LogP contribution < -0.4 is 0 Å². The van der Waals surface area contributed by atoms with Crippen LogP contribution in [0.15, 0.2) is 28.7 Å². The number of hydrogen-bond acceptors (Lipinski definition) is 3. The Hall–Kier alpha value is -1.40. The summed E-state index contributed by atoms with van der Waals surface area (Å²) < 4.78 is 6.44. The smallest absolute Gasteiger partial charge is 0.306 e. The van der Waals surface area contributed by atoms with E-state index in [9.17, 15) is 9.59 Å². The zero-order chi connectivity index (χ0) is 15.7. The highest BCUT2D eigenvalue weighted by Crippen LogP contribution is 2.50. The van der Waals surface area contributed by atoms with E-state index < -0.39 is 17.5 Å². The second-order valence-electron chi connectivity index (χ2n) is 5.93. The molecule has 6 heteroatoms. The van der Waals surface area contributed by atoms with Gasteiger partial charge in [0.15, 0.2) is 0 Å². The van der Waals surface area contributed by atoms with E-state index >= 15 is 0 Å². The lowest BCUT2D eigenvalue weighted by molar-refractivity contribution is -0.149. The number of carboxylic acid groups (broad SMARTS) is 1. The van der Waals surface area contributed by atoms with E-state index in [0.29, 0.717) is 19.7 Å². The van der Waals surface area contributed by atoms with E-state index in [0.717, 1.165) is 22.9 Å². The first-order chi connectivity index (χ1) is 10.5. The largest absolute Gasteiger partial charge is 0.481 e. The van der Waals surface area contributed by atoms with Crippen LogP contribution in [0, 0.1) is 0 Å². The van der Waals surface area contributed by atoms with E-state index in [4.69, 9.17) is 9.84 Å². The first-order valence-electron chi connectivity index (χ1n) is 7.40. The molecule has 1 aliphatic heterocycles. The maximum absolute atomic E-state index is 12.9. The molecular weight excluding hydrogens is 350 g/mol.